The number of carboxylic acids is 1. The Kier molecular flexibility index (Phi) is 4.30. The van der Waals surface area contributed by atoms with E-state index in [4.69, 9.17) is 4.42 Å². The summed E-state index contributed by atoms with van der Waals surface area (Å²) in [6, 6.07) is 1.96. The quantitative estimate of drug-likeness (QED) is 0.889. The number of hydrogen-bond donors (Lipinski definition) is 1. The van der Waals surface area contributed by atoms with Crippen molar-refractivity contribution in [2.45, 2.75) is 45.6 Å². The molecule has 1 saturated carbocycles. The van der Waals surface area contributed by atoms with Crippen LogP contribution in [0.4, 0.5) is 0 Å². The third-order valence-electron chi connectivity index (χ3n) is 4.24. The van der Waals surface area contributed by atoms with Crippen LogP contribution < -0.4 is 0 Å². The number of furan rings is 1. The molecule has 2 rings (SSSR count). The normalized spacial score (nSPS) is 18.7. The molecule has 1 aliphatic rings. The first kappa shape index (κ1) is 14.1. The smallest absolute Gasteiger partial charge is 0.310 e. The zero-order valence-corrected chi connectivity index (χ0v) is 11.8. The average Bonchev–Trinajstić information content (AvgIpc) is 2.76. The first-order valence-electron chi connectivity index (χ1n) is 6.98. The van der Waals surface area contributed by atoms with Crippen molar-refractivity contribution in [3.8, 4) is 0 Å². The van der Waals surface area contributed by atoms with Crippen LogP contribution in [0, 0.1) is 12.3 Å². The lowest BCUT2D eigenvalue weighted by Gasteiger charge is -2.36. The summed E-state index contributed by atoms with van der Waals surface area (Å²) in [4.78, 5) is 13.7. The molecule has 1 N–H and O–H groups in total. The van der Waals surface area contributed by atoms with Crippen LogP contribution in [0.2, 0.25) is 0 Å². The Morgan fingerprint density at radius 2 is 2.11 bits per heavy atom. The van der Waals surface area contributed by atoms with Gasteiger partial charge in [-0.25, -0.2) is 0 Å². The topological polar surface area (TPSA) is 53.7 Å². The maximum absolute atomic E-state index is 11.6. The van der Waals surface area contributed by atoms with Crippen LogP contribution in [0.1, 0.15) is 43.4 Å². The van der Waals surface area contributed by atoms with Gasteiger partial charge in [0.25, 0.3) is 0 Å². The van der Waals surface area contributed by atoms with Crippen LogP contribution in [0.25, 0.3) is 0 Å². The zero-order chi connectivity index (χ0) is 13.9. The van der Waals surface area contributed by atoms with E-state index < -0.39 is 11.4 Å². The Morgan fingerprint density at radius 1 is 1.42 bits per heavy atom. The second-order valence-corrected chi connectivity index (χ2v) is 5.82. The predicted octanol–water partition coefficient (Wildman–Crippen LogP) is 3.05. The average molecular weight is 265 g/mol. The summed E-state index contributed by atoms with van der Waals surface area (Å²) in [5.74, 6) is 0.280. The van der Waals surface area contributed by atoms with Crippen molar-refractivity contribution < 1.29 is 14.3 Å². The van der Waals surface area contributed by atoms with Gasteiger partial charge in [0.2, 0.25) is 0 Å². The zero-order valence-electron chi connectivity index (χ0n) is 11.8. The van der Waals surface area contributed by atoms with E-state index in [1.807, 2.05) is 20.0 Å². The first-order chi connectivity index (χ1) is 9.03. The van der Waals surface area contributed by atoms with Crippen molar-refractivity contribution in [3.05, 3.63) is 23.7 Å². The molecule has 1 aliphatic carbocycles. The van der Waals surface area contributed by atoms with E-state index >= 15 is 0 Å². The molecule has 0 aromatic carbocycles. The number of carbonyl (C=O) groups is 1. The molecule has 1 heterocycles. The van der Waals surface area contributed by atoms with Crippen LogP contribution in [0.15, 0.2) is 16.7 Å². The van der Waals surface area contributed by atoms with E-state index in [1.54, 1.807) is 6.26 Å². The maximum atomic E-state index is 11.6. The molecule has 4 heteroatoms. The second kappa shape index (κ2) is 5.78. The summed E-state index contributed by atoms with van der Waals surface area (Å²) >= 11 is 0. The Hall–Kier alpha value is -1.29. The van der Waals surface area contributed by atoms with E-state index in [0.717, 1.165) is 43.6 Å². The Morgan fingerprint density at radius 3 is 2.63 bits per heavy atom. The van der Waals surface area contributed by atoms with Gasteiger partial charge in [-0.1, -0.05) is 19.3 Å². The van der Waals surface area contributed by atoms with Crippen molar-refractivity contribution >= 4 is 5.97 Å². The summed E-state index contributed by atoms with van der Waals surface area (Å²) in [6.07, 6.45) is 6.52. The van der Waals surface area contributed by atoms with E-state index in [2.05, 4.69) is 4.90 Å². The molecule has 0 atom stereocenters. The lowest BCUT2D eigenvalue weighted by atomic mass is 9.73. The van der Waals surface area contributed by atoms with Gasteiger partial charge in [-0.05, 0) is 32.9 Å². The first-order valence-corrected chi connectivity index (χ1v) is 6.98. The van der Waals surface area contributed by atoms with Gasteiger partial charge in [-0.3, -0.25) is 4.79 Å². The van der Waals surface area contributed by atoms with Gasteiger partial charge >= 0.3 is 5.97 Å². The lowest BCUT2D eigenvalue weighted by Crippen LogP contribution is -2.43. The van der Waals surface area contributed by atoms with Gasteiger partial charge in [-0.15, -0.1) is 0 Å². The van der Waals surface area contributed by atoms with E-state index in [0.29, 0.717) is 6.54 Å². The van der Waals surface area contributed by atoms with Gasteiger partial charge in [0.15, 0.2) is 0 Å². The minimum atomic E-state index is -0.636. The molecule has 106 valence electrons. The van der Waals surface area contributed by atoms with Crippen LogP contribution >= 0.6 is 0 Å². The van der Waals surface area contributed by atoms with Gasteiger partial charge in [0.05, 0.1) is 11.7 Å². The molecule has 4 nitrogen and oxygen atoms in total. The predicted molar refractivity (Wildman–Crippen MR) is 72.9 cm³/mol. The second-order valence-electron chi connectivity index (χ2n) is 5.82. The lowest BCUT2D eigenvalue weighted by molar-refractivity contribution is -0.152. The minimum absolute atomic E-state index is 0.551. The number of hydrogen-bond acceptors (Lipinski definition) is 3. The fraction of sp³-hybridized carbons (Fsp3) is 0.667. The molecule has 0 unspecified atom stereocenters. The SMILES string of the molecule is Cc1occc1CN(C)CC1(C(=O)O)CCCCC1. The largest absolute Gasteiger partial charge is 0.481 e. The number of nitrogens with zero attached hydrogens (tertiary/aromatic N) is 1. The Bertz CT molecular complexity index is 432. The standard InChI is InChI=1S/C15H23NO3/c1-12-13(6-9-19-12)10-16(2)11-15(14(17)18)7-4-3-5-8-15/h6,9H,3-5,7-8,10-11H2,1-2H3,(H,17,18). The van der Waals surface area contributed by atoms with E-state index in [9.17, 15) is 9.90 Å². The Labute approximate surface area is 114 Å². The van der Waals surface area contributed by atoms with E-state index in [1.165, 1.54) is 6.42 Å². The Balaban J connectivity index is 2.01. The third kappa shape index (κ3) is 3.18. The van der Waals surface area contributed by atoms with Crippen molar-refractivity contribution in [2.24, 2.45) is 5.41 Å². The molecule has 19 heavy (non-hydrogen) atoms. The van der Waals surface area contributed by atoms with Crippen molar-refractivity contribution in [3.63, 3.8) is 0 Å². The highest BCUT2D eigenvalue weighted by Crippen LogP contribution is 2.37. The van der Waals surface area contributed by atoms with Crippen LogP contribution in [-0.2, 0) is 11.3 Å². The molecule has 0 bridgehead atoms. The van der Waals surface area contributed by atoms with Gasteiger partial charge in [-0.2, -0.15) is 0 Å². The molecule has 0 spiro atoms. The number of aliphatic carboxylic acids is 1. The number of carboxylic acid groups (broad SMARTS) is 1. The molecule has 0 radical (unpaired) electrons. The van der Waals surface area contributed by atoms with Crippen LogP contribution in [0.3, 0.4) is 0 Å². The van der Waals surface area contributed by atoms with Crippen LogP contribution in [0.5, 0.6) is 0 Å². The minimum Gasteiger partial charge on any atom is -0.481 e. The molecule has 0 saturated heterocycles. The summed E-state index contributed by atoms with van der Waals surface area (Å²) in [7, 11) is 1.99. The van der Waals surface area contributed by atoms with Crippen LogP contribution in [-0.4, -0.2) is 29.6 Å². The summed E-state index contributed by atoms with van der Waals surface area (Å²) in [6.45, 7) is 3.31. The highest BCUT2D eigenvalue weighted by atomic mass is 16.4. The van der Waals surface area contributed by atoms with Gasteiger partial charge < -0.3 is 14.4 Å². The van der Waals surface area contributed by atoms with Crippen molar-refractivity contribution in [2.75, 3.05) is 13.6 Å². The van der Waals surface area contributed by atoms with Crippen molar-refractivity contribution in [1.82, 2.24) is 4.90 Å². The summed E-state index contributed by atoms with van der Waals surface area (Å²) in [5.41, 5.74) is 0.587. The van der Waals surface area contributed by atoms with Crippen molar-refractivity contribution in [1.29, 1.82) is 0 Å². The fourth-order valence-electron chi connectivity index (χ4n) is 3.11. The van der Waals surface area contributed by atoms with Gasteiger partial charge in [0.1, 0.15) is 5.76 Å². The van der Waals surface area contributed by atoms with E-state index in [-0.39, 0.29) is 0 Å². The summed E-state index contributed by atoms with van der Waals surface area (Å²) in [5, 5.41) is 9.57. The monoisotopic (exact) mass is 265 g/mol. The highest BCUT2D eigenvalue weighted by Gasteiger charge is 2.40. The van der Waals surface area contributed by atoms with Gasteiger partial charge in [0, 0.05) is 18.7 Å². The highest BCUT2D eigenvalue weighted by molar-refractivity contribution is 5.75. The fourth-order valence-corrected chi connectivity index (χ4v) is 3.11. The molecule has 0 amide bonds. The molecule has 1 aromatic heterocycles. The molecule has 1 aromatic rings. The number of rotatable bonds is 5. The molecule has 1 fully saturated rings. The summed E-state index contributed by atoms with van der Waals surface area (Å²) < 4.78 is 5.28. The molecule has 0 aliphatic heterocycles. The third-order valence-corrected chi connectivity index (χ3v) is 4.24. The molecular formula is C15H23NO3. The number of aryl methyl sites for hydroxylation is 1. The molecular weight excluding hydrogens is 242 g/mol. The maximum Gasteiger partial charge on any atom is 0.310 e.